The van der Waals surface area contributed by atoms with Gasteiger partial charge in [-0.05, 0) is 32.6 Å². The van der Waals surface area contributed by atoms with E-state index < -0.39 is 0 Å². The van der Waals surface area contributed by atoms with E-state index >= 15 is 0 Å². The van der Waals surface area contributed by atoms with E-state index in [1.165, 1.54) is 5.56 Å². The Balaban J connectivity index is 1.92. The van der Waals surface area contributed by atoms with Gasteiger partial charge in [0.2, 0.25) is 0 Å². The zero-order valence-electron chi connectivity index (χ0n) is 13.6. The summed E-state index contributed by atoms with van der Waals surface area (Å²) in [5.41, 5.74) is 7.47. The first-order valence-corrected chi connectivity index (χ1v) is 7.84. The monoisotopic (exact) mass is 291 g/mol. The fraction of sp³-hybridized carbons (Fsp3) is 0.688. The smallest absolute Gasteiger partial charge is 0.0512 e. The van der Waals surface area contributed by atoms with Crippen LogP contribution < -0.4 is 5.73 Å². The Labute approximate surface area is 128 Å². The van der Waals surface area contributed by atoms with Crippen LogP contribution in [0, 0.1) is 0 Å². The van der Waals surface area contributed by atoms with Gasteiger partial charge in [-0.2, -0.15) is 0 Å². The SMILES string of the molecule is CC(N)C(c1cccnc1)N1CCN(CCN(C)C)CC1. The molecule has 2 unspecified atom stereocenters. The molecule has 21 heavy (non-hydrogen) atoms. The molecule has 0 spiro atoms. The molecular weight excluding hydrogens is 262 g/mol. The van der Waals surface area contributed by atoms with Gasteiger partial charge in [-0.15, -0.1) is 0 Å². The molecule has 1 aromatic heterocycles. The van der Waals surface area contributed by atoms with Crippen molar-refractivity contribution in [1.82, 2.24) is 19.7 Å². The van der Waals surface area contributed by atoms with E-state index in [0.717, 1.165) is 39.3 Å². The molecule has 2 heterocycles. The molecular formula is C16H29N5. The highest BCUT2D eigenvalue weighted by atomic mass is 15.3. The van der Waals surface area contributed by atoms with Gasteiger partial charge in [-0.3, -0.25) is 14.8 Å². The Bertz CT molecular complexity index is 398. The zero-order chi connectivity index (χ0) is 15.2. The Kier molecular flexibility index (Phi) is 6.11. The number of pyridine rings is 1. The first-order chi connectivity index (χ1) is 10.1. The standard InChI is InChI=1S/C16H29N5/c1-14(17)16(15-5-4-6-18-13-15)21-11-9-20(10-12-21)8-7-19(2)3/h4-6,13-14,16H,7-12,17H2,1-3H3. The number of nitrogens with two attached hydrogens (primary N) is 1. The third-order valence-electron chi connectivity index (χ3n) is 4.19. The molecule has 1 fully saturated rings. The molecule has 5 nitrogen and oxygen atoms in total. The van der Waals surface area contributed by atoms with E-state index in [-0.39, 0.29) is 12.1 Å². The number of piperazine rings is 1. The minimum absolute atomic E-state index is 0.113. The quantitative estimate of drug-likeness (QED) is 0.834. The van der Waals surface area contributed by atoms with Crippen LogP contribution in [0.3, 0.4) is 0 Å². The van der Waals surface area contributed by atoms with Gasteiger partial charge >= 0.3 is 0 Å². The minimum Gasteiger partial charge on any atom is -0.326 e. The summed E-state index contributed by atoms with van der Waals surface area (Å²) in [6.07, 6.45) is 3.77. The highest BCUT2D eigenvalue weighted by Crippen LogP contribution is 2.24. The molecule has 1 aliphatic rings. The summed E-state index contributed by atoms with van der Waals surface area (Å²) >= 11 is 0. The lowest BCUT2D eigenvalue weighted by molar-refractivity contribution is 0.0829. The molecule has 0 amide bonds. The highest BCUT2D eigenvalue weighted by Gasteiger charge is 2.27. The van der Waals surface area contributed by atoms with Crippen LogP contribution >= 0.6 is 0 Å². The van der Waals surface area contributed by atoms with Crippen molar-refractivity contribution >= 4 is 0 Å². The molecule has 0 saturated carbocycles. The number of likely N-dealkylation sites (N-methyl/N-ethyl adjacent to an activating group) is 1. The predicted octanol–water partition coefficient (Wildman–Crippen LogP) is 0.649. The Morgan fingerprint density at radius 1 is 1.29 bits per heavy atom. The second-order valence-corrected chi connectivity index (χ2v) is 6.27. The minimum atomic E-state index is 0.113. The van der Waals surface area contributed by atoms with Gasteiger partial charge in [0.05, 0.1) is 6.04 Å². The molecule has 2 N–H and O–H groups in total. The largest absolute Gasteiger partial charge is 0.326 e. The van der Waals surface area contributed by atoms with E-state index in [4.69, 9.17) is 5.73 Å². The van der Waals surface area contributed by atoms with Gasteiger partial charge in [-0.1, -0.05) is 6.07 Å². The predicted molar refractivity (Wildman–Crippen MR) is 87.2 cm³/mol. The van der Waals surface area contributed by atoms with Crippen molar-refractivity contribution in [2.24, 2.45) is 5.73 Å². The van der Waals surface area contributed by atoms with Gasteiger partial charge in [0, 0.05) is 57.7 Å². The van der Waals surface area contributed by atoms with Crippen LogP contribution in [-0.2, 0) is 0 Å². The van der Waals surface area contributed by atoms with Crippen molar-refractivity contribution < 1.29 is 0 Å². The van der Waals surface area contributed by atoms with Gasteiger partial charge in [0.25, 0.3) is 0 Å². The molecule has 1 aliphatic heterocycles. The first-order valence-electron chi connectivity index (χ1n) is 7.84. The molecule has 0 aliphatic carbocycles. The molecule has 118 valence electrons. The summed E-state index contributed by atoms with van der Waals surface area (Å²) in [6.45, 7) is 8.77. The highest BCUT2D eigenvalue weighted by molar-refractivity contribution is 5.16. The number of rotatable bonds is 6. The fourth-order valence-corrected chi connectivity index (χ4v) is 3.00. The second-order valence-electron chi connectivity index (χ2n) is 6.27. The summed E-state index contributed by atoms with van der Waals surface area (Å²) in [5.74, 6) is 0. The van der Waals surface area contributed by atoms with Crippen LogP contribution in [0.1, 0.15) is 18.5 Å². The normalized spacial score (nSPS) is 20.6. The molecule has 2 rings (SSSR count). The van der Waals surface area contributed by atoms with Crippen LogP contribution in [0.2, 0.25) is 0 Å². The van der Waals surface area contributed by atoms with Crippen molar-refractivity contribution in [3.05, 3.63) is 30.1 Å². The second kappa shape index (κ2) is 7.84. The summed E-state index contributed by atoms with van der Waals surface area (Å²) in [5, 5.41) is 0. The Hall–Kier alpha value is -1.01. The molecule has 2 atom stereocenters. The molecule has 1 saturated heterocycles. The van der Waals surface area contributed by atoms with E-state index in [9.17, 15) is 0 Å². The number of hydrogen-bond donors (Lipinski definition) is 1. The number of nitrogens with zero attached hydrogens (tertiary/aromatic N) is 4. The van der Waals surface area contributed by atoms with Gasteiger partial charge < -0.3 is 10.6 Å². The maximum atomic E-state index is 6.24. The maximum Gasteiger partial charge on any atom is 0.0512 e. The van der Waals surface area contributed by atoms with Crippen molar-refractivity contribution in [2.75, 3.05) is 53.4 Å². The zero-order valence-corrected chi connectivity index (χ0v) is 13.6. The summed E-state index contributed by atoms with van der Waals surface area (Å²) < 4.78 is 0. The summed E-state index contributed by atoms with van der Waals surface area (Å²) in [4.78, 5) is 11.5. The van der Waals surface area contributed by atoms with Crippen LogP contribution in [0.15, 0.2) is 24.5 Å². The van der Waals surface area contributed by atoms with Crippen molar-refractivity contribution in [2.45, 2.75) is 19.0 Å². The Morgan fingerprint density at radius 2 is 2.00 bits per heavy atom. The average molecular weight is 291 g/mol. The van der Waals surface area contributed by atoms with E-state index in [1.807, 2.05) is 18.5 Å². The van der Waals surface area contributed by atoms with Crippen LogP contribution in [0.4, 0.5) is 0 Å². The molecule has 0 aromatic carbocycles. The third-order valence-corrected chi connectivity index (χ3v) is 4.19. The van der Waals surface area contributed by atoms with Gasteiger partial charge in [0.1, 0.15) is 0 Å². The lowest BCUT2D eigenvalue weighted by atomic mass is 10.00. The van der Waals surface area contributed by atoms with E-state index in [0.29, 0.717) is 0 Å². The number of hydrogen-bond acceptors (Lipinski definition) is 5. The maximum absolute atomic E-state index is 6.24. The molecule has 5 heteroatoms. The van der Waals surface area contributed by atoms with Crippen molar-refractivity contribution in [3.8, 4) is 0 Å². The average Bonchev–Trinajstić information content (AvgIpc) is 2.47. The topological polar surface area (TPSA) is 48.6 Å². The molecule has 0 radical (unpaired) electrons. The summed E-state index contributed by atoms with van der Waals surface area (Å²) in [7, 11) is 4.26. The van der Waals surface area contributed by atoms with Crippen molar-refractivity contribution in [3.63, 3.8) is 0 Å². The van der Waals surface area contributed by atoms with Gasteiger partial charge in [0.15, 0.2) is 0 Å². The van der Waals surface area contributed by atoms with E-state index in [1.54, 1.807) is 0 Å². The van der Waals surface area contributed by atoms with Crippen molar-refractivity contribution in [1.29, 1.82) is 0 Å². The van der Waals surface area contributed by atoms with Gasteiger partial charge in [-0.25, -0.2) is 0 Å². The Morgan fingerprint density at radius 3 is 2.52 bits per heavy atom. The fourth-order valence-electron chi connectivity index (χ4n) is 3.00. The van der Waals surface area contributed by atoms with Crippen LogP contribution in [-0.4, -0.2) is 79.1 Å². The molecule has 1 aromatic rings. The molecule has 0 bridgehead atoms. The lowest BCUT2D eigenvalue weighted by Crippen LogP contribution is -2.51. The third kappa shape index (κ3) is 4.74. The first kappa shape index (κ1) is 16.4. The summed E-state index contributed by atoms with van der Waals surface area (Å²) in [6, 6.07) is 4.52. The van der Waals surface area contributed by atoms with E-state index in [2.05, 4.69) is 46.8 Å². The van der Waals surface area contributed by atoms with Crippen LogP contribution in [0.5, 0.6) is 0 Å². The number of aromatic nitrogens is 1. The lowest BCUT2D eigenvalue weighted by Gasteiger charge is -2.41. The van der Waals surface area contributed by atoms with Crippen LogP contribution in [0.25, 0.3) is 0 Å².